The van der Waals surface area contributed by atoms with Crippen molar-refractivity contribution >= 4 is 5.82 Å². The van der Waals surface area contributed by atoms with Crippen molar-refractivity contribution in [1.29, 1.82) is 0 Å². The van der Waals surface area contributed by atoms with Crippen LogP contribution in [0.4, 0.5) is 5.82 Å². The Morgan fingerprint density at radius 2 is 2.00 bits per heavy atom. The van der Waals surface area contributed by atoms with Crippen LogP contribution in [0, 0.1) is 0 Å². The Morgan fingerprint density at radius 1 is 1.21 bits per heavy atom. The third kappa shape index (κ3) is 1.47. The predicted molar refractivity (Wildman–Crippen MR) is 57.7 cm³/mol. The zero-order chi connectivity index (χ0) is 10.1. The monoisotopic (exact) mass is 191 g/mol. The van der Waals surface area contributed by atoms with Crippen LogP contribution in [-0.4, -0.2) is 17.0 Å². The van der Waals surface area contributed by atoms with Crippen molar-refractivity contribution in [2.24, 2.45) is 0 Å². The number of nitrogens with zero attached hydrogens (tertiary/aromatic N) is 2. The van der Waals surface area contributed by atoms with E-state index in [1.807, 2.05) is 7.05 Å². The summed E-state index contributed by atoms with van der Waals surface area (Å²) in [6, 6.07) is 0. The summed E-state index contributed by atoms with van der Waals surface area (Å²) < 4.78 is 0. The second-order valence-electron chi connectivity index (χ2n) is 4.11. The highest BCUT2D eigenvalue weighted by Gasteiger charge is 2.19. The van der Waals surface area contributed by atoms with Gasteiger partial charge in [0.25, 0.3) is 0 Å². The molecule has 1 heterocycles. The number of aryl methyl sites for hydroxylation is 1. The Balaban J connectivity index is 2.49. The van der Waals surface area contributed by atoms with Crippen LogP contribution >= 0.6 is 0 Å². The maximum Gasteiger partial charge on any atom is 0.133 e. The van der Waals surface area contributed by atoms with Gasteiger partial charge in [0.15, 0.2) is 0 Å². The molecule has 0 fully saturated rings. The van der Waals surface area contributed by atoms with E-state index in [0.29, 0.717) is 5.92 Å². The summed E-state index contributed by atoms with van der Waals surface area (Å²) in [5, 5.41) is 3.17. The Morgan fingerprint density at radius 3 is 2.64 bits per heavy atom. The molecule has 1 aromatic rings. The number of rotatable bonds is 2. The van der Waals surface area contributed by atoms with E-state index in [1.54, 1.807) is 0 Å². The van der Waals surface area contributed by atoms with Crippen LogP contribution in [0.1, 0.15) is 43.3 Å². The average molecular weight is 191 g/mol. The van der Waals surface area contributed by atoms with Crippen molar-refractivity contribution in [2.45, 2.75) is 39.0 Å². The molecule has 1 N–H and O–H groups in total. The minimum absolute atomic E-state index is 0.410. The molecule has 14 heavy (non-hydrogen) atoms. The molecule has 76 valence electrons. The van der Waals surface area contributed by atoms with Gasteiger partial charge in [-0.1, -0.05) is 13.8 Å². The summed E-state index contributed by atoms with van der Waals surface area (Å²) in [6.45, 7) is 4.27. The van der Waals surface area contributed by atoms with Crippen LogP contribution in [0.5, 0.6) is 0 Å². The van der Waals surface area contributed by atoms with Crippen LogP contribution in [-0.2, 0) is 12.8 Å². The van der Waals surface area contributed by atoms with Crippen molar-refractivity contribution in [3.05, 3.63) is 17.1 Å². The molecule has 3 nitrogen and oxygen atoms in total. The van der Waals surface area contributed by atoms with E-state index in [0.717, 1.165) is 24.5 Å². The van der Waals surface area contributed by atoms with Gasteiger partial charge in [-0.25, -0.2) is 9.97 Å². The molecule has 0 bridgehead atoms. The van der Waals surface area contributed by atoms with Gasteiger partial charge in [-0.2, -0.15) is 0 Å². The van der Waals surface area contributed by atoms with Gasteiger partial charge >= 0.3 is 0 Å². The largest absolute Gasteiger partial charge is 0.373 e. The van der Waals surface area contributed by atoms with Crippen LogP contribution in [0.3, 0.4) is 0 Å². The van der Waals surface area contributed by atoms with Gasteiger partial charge in [-0.15, -0.1) is 0 Å². The van der Waals surface area contributed by atoms with E-state index < -0.39 is 0 Å². The van der Waals surface area contributed by atoms with E-state index in [9.17, 15) is 0 Å². The van der Waals surface area contributed by atoms with Crippen LogP contribution in [0.15, 0.2) is 0 Å². The quantitative estimate of drug-likeness (QED) is 0.778. The van der Waals surface area contributed by atoms with Gasteiger partial charge in [0.2, 0.25) is 0 Å². The molecule has 2 rings (SSSR count). The van der Waals surface area contributed by atoms with Gasteiger partial charge in [-0.3, -0.25) is 0 Å². The predicted octanol–water partition coefficient (Wildman–Crippen LogP) is 2.13. The fraction of sp³-hybridized carbons (Fsp3) is 0.636. The standard InChI is InChI=1S/C11H17N3/c1-7(2)10-13-9-6-4-5-8(9)11(12-3)14-10/h7H,4-6H2,1-3H3,(H,12,13,14). The SMILES string of the molecule is CNc1nc(C(C)C)nc2c1CCC2. The summed E-state index contributed by atoms with van der Waals surface area (Å²) in [5.41, 5.74) is 2.59. The van der Waals surface area contributed by atoms with Crippen LogP contribution < -0.4 is 5.32 Å². The maximum atomic E-state index is 4.61. The zero-order valence-electron chi connectivity index (χ0n) is 9.09. The van der Waals surface area contributed by atoms with Crippen molar-refractivity contribution in [3.8, 4) is 0 Å². The third-order valence-electron chi connectivity index (χ3n) is 2.70. The van der Waals surface area contributed by atoms with Crippen LogP contribution in [0.2, 0.25) is 0 Å². The highest BCUT2D eigenvalue weighted by atomic mass is 15.0. The van der Waals surface area contributed by atoms with Crippen molar-refractivity contribution < 1.29 is 0 Å². The lowest BCUT2D eigenvalue weighted by Crippen LogP contribution is -2.06. The zero-order valence-corrected chi connectivity index (χ0v) is 9.09. The number of fused-ring (bicyclic) bond motifs is 1. The maximum absolute atomic E-state index is 4.61. The fourth-order valence-electron chi connectivity index (χ4n) is 1.92. The lowest BCUT2D eigenvalue weighted by atomic mass is 10.2. The average Bonchev–Trinajstić information content (AvgIpc) is 2.63. The highest BCUT2D eigenvalue weighted by molar-refractivity contribution is 5.48. The first-order chi connectivity index (χ1) is 6.72. The van der Waals surface area contributed by atoms with Crippen molar-refractivity contribution in [3.63, 3.8) is 0 Å². The number of aromatic nitrogens is 2. The second-order valence-corrected chi connectivity index (χ2v) is 4.11. The molecule has 0 aromatic carbocycles. The summed E-state index contributed by atoms with van der Waals surface area (Å²) in [6.07, 6.45) is 3.47. The Kier molecular flexibility index (Phi) is 2.40. The first kappa shape index (κ1) is 9.44. The molecule has 0 spiro atoms. The van der Waals surface area contributed by atoms with Gasteiger partial charge in [0, 0.05) is 24.2 Å². The lowest BCUT2D eigenvalue weighted by molar-refractivity contribution is 0.762. The van der Waals surface area contributed by atoms with Crippen molar-refractivity contribution in [1.82, 2.24) is 9.97 Å². The smallest absolute Gasteiger partial charge is 0.133 e. The lowest BCUT2D eigenvalue weighted by Gasteiger charge is -2.10. The van der Waals surface area contributed by atoms with E-state index in [2.05, 4.69) is 29.1 Å². The van der Waals surface area contributed by atoms with Crippen LogP contribution in [0.25, 0.3) is 0 Å². The van der Waals surface area contributed by atoms with Gasteiger partial charge in [0.05, 0.1) is 0 Å². The first-order valence-corrected chi connectivity index (χ1v) is 5.29. The summed E-state index contributed by atoms with van der Waals surface area (Å²) in [4.78, 5) is 9.15. The molecule has 0 amide bonds. The Labute approximate surface area is 85.0 Å². The molecule has 0 unspecified atom stereocenters. The molecule has 1 aromatic heterocycles. The number of hydrogen-bond donors (Lipinski definition) is 1. The van der Waals surface area contributed by atoms with Crippen molar-refractivity contribution in [2.75, 3.05) is 12.4 Å². The normalized spacial score (nSPS) is 14.6. The summed E-state index contributed by atoms with van der Waals surface area (Å²) in [5.74, 6) is 2.42. The first-order valence-electron chi connectivity index (χ1n) is 5.29. The second kappa shape index (κ2) is 3.56. The summed E-state index contributed by atoms with van der Waals surface area (Å²) >= 11 is 0. The molecular weight excluding hydrogens is 174 g/mol. The van der Waals surface area contributed by atoms with Gasteiger partial charge in [-0.05, 0) is 19.3 Å². The van der Waals surface area contributed by atoms with E-state index in [4.69, 9.17) is 0 Å². The molecular formula is C11H17N3. The van der Waals surface area contributed by atoms with E-state index in [-0.39, 0.29) is 0 Å². The number of hydrogen-bond acceptors (Lipinski definition) is 3. The highest BCUT2D eigenvalue weighted by Crippen LogP contribution is 2.27. The fourth-order valence-corrected chi connectivity index (χ4v) is 1.92. The topological polar surface area (TPSA) is 37.8 Å². The third-order valence-corrected chi connectivity index (χ3v) is 2.70. The number of nitrogens with one attached hydrogen (secondary N) is 1. The summed E-state index contributed by atoms with van der Waals surface area (Å²) in [7, 11) is 1.94. The molecule has 0 atom stereocenters. The Hall–Kier alpha value is -1.12. The molecule has 1 aliphatic carbocycles. The molecule has 0 saturated carbocycles. The Bertz CT molecular complexity index is 345. The molecule has 3 heteroatoms. The molecule has 1 aliphatic rings. The number of anilines is 1. The van der Waals surface area contributed by atoms with Gasteiger partial charge in [0.1, 0.15) is 11.6 Å². The van der Waals surface area contributed by atoms with Gasteiger partial charge < -0.3 is 5.32 Å². The minimum atomic E-state index is 0.410. The molecule has 0 radical (unpaired) electrons. The molecule has 0 saturated heterocycles. The van der Waals surface area contributed by atoms with E-state index in [1.165, 1.54) is 17.7 Å². The minimum Gasteiger partial charge on any atom is -0.373 e. The molecule has 0 aliphatic heterocycles. The van der Waals surface area contributed by atoms with E-state index >= 15 is 0 Å².